The van der Waals surface area contributed by atoms with Crippen molar-refractivity contribution in [1.29, 1.82) is 0 Å². The summed E-state index contributed by atoms with van der Waals surface area (Å²) in [5.74, 6) is 1.06. The molecule has 0 atom stereocenters. The van der Waals surface area contributed by atoms with Crippen LogP contribution in [0.4, 0.5) is 5.69 Å². The van der Waals surface area contributed by atoms with Crippen LogP contribution in [0.2, 0.25) is 0 Å². The van der Waals surface area contributed by atoms with E-state index in [1.165, 1.54) is 5.69 Å². The molecule has 2 fully saturated rings. The first-order chi connectivity index (χ1) is 10.2. The van der Waals surface area contributed by atoms with Crippen LogP contribution in [0.25, 0.3) is 0 Å². The normalized spacial score (nSPS) is 19.4. The van der Waals surface area contributed by atoms with Crippen LogP contribution >= 0.6 is 0 Å². The van der Waals surface area contributed by atoms with E-state index in [-0.39, 0.29) is 5.91 Å². The van der Waals surface area contributed by atoms with Gasteiger partial charge in [0.1, 0.15) is 5.75 Å². The molecule has 1 heterocycles. The number of ether oxygens (including phenoxy) is 1. The second kappa shape index (κ2) is 6.35. The molecule has 0 unspecified atom stereocenters. The van der Waals surface area contributed by atoms with Crippen LogP contribution in [0.3, 0.4) is 0 Å². The number of piperazine rings is 1. The van der Waals surface area contributed by atoms with Crippen LogP contribution < -0.4 is 15.0 Å². The summed E-state index contributed by atoms with van der Waals surface area (Å²) in [5.41, 5.74) is 1.22. The largest absolute Gasteiger partial charge is 0.497 e. The van der Waals surface area contributed by atoms with E-state index in [1.54, 1.807) is 7.11 Å². The van der Waals surface area contributed by atoms with Crippen LogP contribution in [0.5, 0.6) is 5.75 Å². The number of carbonyl (C=O) groups is 1. The lowest BCUT2D eigenvalue weighted by atomic mass is 10.2. The topological polar surface area (TPSA) is 44.8 Å². The predicted molar refractivity (Wildman–Crippen MR) is 82.8 cm³/mol. The standard InChI is InChI=1S/C16H23N3O2/c1-21-15-6-4-14(5-7-15)19-10-8-18(9-11-19)12-16(20)17-13-2-3-13/h4-7,13H,2-3,8-12H2,1H3,(H,17,20). The highest BCUT2D eigenvalue weighted by Gasteiger charge is 2.25. The molecule has 1 amide bonds. The van der Waals surface area contributed by atoms with E-state index in [0.29, 0.717) is 12.6 Å². The number of nitrogens with one attached hydrogen (secondary N) is 1. The number of methoxy groups -OCH3 is 1. The van der Waals surface area contributed by atoms with Gasteiger partial charge in [-0.1, -0.05) is 0 Å². The zero-order valence-corrected chi connectivity index (χ0v) is 12.5. The second-order valence-corrected chi connectivity index (χ2v) is 5.80. The minimum absolute atomic E-state index is 0.176. The molecule has 5 heteroatoms. The zero-order chi connectivity index (χ0) is 14.7. The smallest absolute Gasteiger partial charge is 0.234 e. The number of anilines is 1. The number of hydrogen-bond donors (Lipinski definition) is 1. The second-order valence-electron chi connectivity index (χ2n) is 5.80. The zero-order valence-electron chi connectivity index (χ0n) is 12.5. The van der Waals surface area contributed by atoms with E-state index < -0.39 is 0 Å². The average molecular weight is 289 g/mol. The molecule has 0 bridgehead atoms. The number of hydrogen-bond acceptors (Lipinski definition) is 4. The molecule has 1 aromatic rings. The van der Waals surface area contributed by atoms with Crippen LogP contribution in [0, 0.1) is 0 Å². The molecule has 2 aliphatic rings. The van der Waals surface area contributed by atoms with Crippen molar-refractivity contribution in [1.82, 2.24) is 10.2 Å². The molecule has 1 aliphatic heterocycles. The minimum atomic E-state index is 0.176. The summed E-state index contributed by atoms with van der Waals surface area (Å²) in [6.45, 7) is 4.33. The Balaban J connectivity index is 1.46. The summed E-state index contributed by atoms with van der Waals surface area (Å²) >= 11 is 0. The quantitative estimate of drug-likeness (QED) is 0.881. The molecule has 0 aromatic heterocycles. The van der Waals surface area contributed by atoms with Gasteiger partial charge in [-0.3, -0.25) is 9.69 Å². The van der Waals surface area contributed by atoms with Gasteiger partial charge in [0.25, 0.3) is 0 Å². The monoisotopic (exact) mass is 289 g/mol. The first-order valence-electron chi connectivity index (χ1n) is 7.65. The molecule has 3 rings (SSSR count). The molecule has 114 valence electrons. The molecule has 1 N–H and O–H groups in total. The van der Waals surface area contributed by atoms with Gasteiger partial charge in [-0.15, -0.1) is 0 Å². The van der Waals surface area contributed by atoms with Crippen molar-refractivity contribution < 1.29 is 9.53 Å². The van der Waals surface area contributed by atoms with Crippen LogP contribution in [-0.4, -0.2) is 56.7 Å². The molecule has 1 aromatic carbocycles. The van der Waals surface area contributed by atoms with Crippen molar-refractivity contribution >= 4 is 11.6 Å². The van der Waals surface area contributed by atoms with Gasteiger partial charge in [-0.25, -0.2) is 0 Å². The summed E-state index contributed by atoms with van der Waals surface area (Å²) < 4.78 is 5.18. The van der Waals surface area contributed by atoms with Crippen molar-refractivity contribution in [3.63, 3.8) is 0 Å². The van der Waals surface area contributed by atoms with Crippen molar-refractivity contribution in [3.05, 3.63) is 24.3 Å². The molecule has 1 aliphatic carbocycles. The van der Waals surface area contributed by atoms with Crippen molar-refractivity contribution in [3.8, 4) is 5.75 Å². The van der Waals surface area contributed by atoms with Crippen molar-refractivity contribution in [2.75, 3.05) is 44.7 Å². The number of nitrogens with zero attached hydrogens (tertiary/aromatic N) is 2. The summed E-state index contributed by atoms with van der Waals surface area (Å²) in [6.07, 6.45) is 2.30. The minimum Gasteiger partial charge on any atom is -0.497 e. The van der Waals surface area contributed by atoms with Gasteiger partial charge >= 0.3 is 0 Å². The van der Waals surface area contributed by atoms with Gasteiger partial charge in [0.15, 0.2) is 0 Å². The number of carbonyl (C=O) groups excluding carboxylic acids is 1. The van der Waals surface area contributed by atoms with Crippen LogP contribution in [0.15, 0.2) is 24.3 Å². The Hall–Kier alpha value is -1.75. The molecule has 5 nitrogen and oxygen atoms in total. The SMILES string of the molecule is COc1ccc(N2CCN(CC(=O)NC3CC3)CC2)cc1. The predicted octanol–water partition coefficient (Wildman–Crippen LogP) is 1.10. The van der Waals surface area contributed by atoms with Crippen molar-refractivity contribution in [2.24, 2.45) is 0 Å². The molecule has 0 radical (unpaired) electrons. The Bertz CT molecular complexity index is 477. The van der Waals surface area contributed by atoms with Gasteiger partial charge in [0, 0.05) is 37.9 Å². The first kappa shape index (κ1) is 14.2. The molecule has 1 saturated carbocycles. The molecule has 21 heavy (non-hydrogen) atoms. The lowest BCUT2D eigenvalue weighted by Crippen LogP contribution is -2.49. The van der Waals surface area contributed by atoms with E-state index in [9.17, 15) is 4.79 Å². The summed E-state index contributed by atoms with van der Waals surface area (Å²) in [6, 6.07) is 8.62. The van der Waals surface area contributed by atoms with E-state index in [1.807, 2.05) is 12.1 Å². The lowest BCUT2D eigenvalue weighted by molar-refractivity contribution is -0.122. The number of rotatable bonds is 5. The maximum Gasteiger partial charge on any atom is 0.234 e. The maximum absolute atomic E-state index is 11.8. The summed E-state index contributed by atoms with van der Waals surface area (Å²) in [5, 5.41) is 3.05. The number of amides is 1. The fourth-order valence-corrected chi connectivity index (χ4v) is 2.66. The first-order valence-corrected chi connectivity index (χ1v) is 7.65. The third kappa shape index (κ3) is 3.88. The maximum atomic E-state index is 11.8. The Labute approximate surface area is 125 Å². The molecular formula is C16H23N3O2. The third-order valence-electron chi connectivity index (χ3n) is 4.12. The van der Waals surface area contributed by atoms with Gasteiger partial charge in [-0.2, -0.15) is 0 Å². The van der Waals surface area contributed by atoms with Gasteiger partial charge < -0.3 is 15.0 Å². The molecule has 1 saturated heterocycles. The van der Waals surface area contributed by atoms with Gasteiger partial charge in [0.2, 0.25) is 5.91 Å². The highest BCUT2D eigenvalue weighted by atomic mass is 16.5. The highest BCUT2D eigenvalue weighted by Crippen LogP contribution is 2.21. The highest BCUT2D eigenvalue weighted by molar-refractivity contribution is 5.78. The fraction of sp³-hybridized carbons (Fsp3) is 0.562. The average Bonchev–Trinajstić information content (AvgIpc) is 3.32. The molecule has 0 spiro atoms. The van der Waals surface area contributed by atoms with Gasteiger partial charge in [0.05, 0.1) is 13.7 Å². The summed E-state index contributed by atoms with van der Waals surface area (Å²) in [4.78, 5) is 16.4. The lowest BCUT2D eigenvalue weighted by Gasteiger charge is -2.35. The Morgan fingerprint density at radius 2 is 1.86 bits per heavy atom. The van der Waals surface area contributed by atoms with Crippen molar-refractivity contribution in [2.45, 2.75) is 18.9 Å². The Morgan fingerprint density at radius 1 is 1.19 bits per heavy atom. The Morgan fingerprint density at radius 3 is 2.43 bits per heavy atom. The van der Waals surface area contributed by atoms with E-state index in [4.69, 9.17) is 4.74 Å². The van der Waals surface area contributed by atoms with E-state index in [2.05, 4.69) is 27.2 Å². The van der Waals surface area contributed by atoms with E-state index in [0.717, 1.165) is 44.8 Å². The number of benzene rings is 1. The summed E-state index contributed by atoms with van der Waals surface area (Å²) in [7, 11) is 1.68. The fourth-order valence-electron chi connectivity index (χ4n) is 2.66. The van der Waals surface area contributed by atoms with E-state index >= 15 is 0 Å². The molecular weight excluding hydrogens is 266 g/mol. The Kier molecular flexibility index (Phi) is 4.29. The van der Waals surface area contributed by atoms with Crippen LogP contribution in [0.1, 0.15) is 12.8 Å². The van der Waals surface area contributed by atoms with Crippen LogP contribution in [-0.2, 0) is 4.79 Å². The van der Waals surface area contributed by atoms with Gasteiger partial charge in [-0.05, 0) is 37.1 Å². The third-order valence-corrected chi connectivity index (χ3v) is 4.12.